The topological polar surface area (TPSA) is 50.7 Å². The molecule has 22 heavy (non-hydrogen) atoms. The van der Waals surface area contributed by atoms with Crippen molar-refractivity contribution in [1.29, 1.82) is 0 Å². The van der Waals surface area contributed by atoms with Gasteiger partial charge < -0.3 is 14.4 Å². The Morgan fingerprint density at radius 2 is 1.95 bits per heavy atom. The molecule has 3 heterocycles. The molecule has 2 aliphatic rings. The predicted molar refractivity (Wildman–Crippen MR) is 85.2 cm³/mol. The van der Waals surface area contributed by atoms with Crippen LogP contribution in [0.4, 0.5) is 5.82 Å². The number of nitrogens with zero attached hydrogens (tertiary/aromatic N) is 4. The van der Waals surface area contributed by atoms with Crippen molar-refractivity contribution >= 4 is 5.82 Å². The molecule has 0 unspecified atom stereocenters. The Balaban J connectivity index is 1.73. The zero-order chi connectivity index (χ0) is 15.5. The summed E-state index contributed by atoms with van der Waals surface area (Å²) in [6.45, 7) is 6.38. The highest BCUT2D eigenvalue weighted by atomic mass is 16.5. The fourth-order valence-corrected chi connectivity index (χ4v) is 3.20. The molecular weight excluding hydrogens is 280 g/mol. The molecule has 6 heteroatoms. The molecule has 0 spiro atoms. The van der Waals surface area contributed by atoms with Crippen molar-refractivity contribution in [3.8, 4) is 0 Å². The normalized spacial score (nSPS) is 24.4. The van der Waals surface area contributed by atoms with Crippen molar-refractivity contribution in [1.82, 2.24) is 14.9 Å². The van der Waals surface area contributed by atoms with E-state index in [1.807, 2.05) is 32.0 Å². The van der Waals surface area contributed by atoms with Crippen molar-refractivity contribution in [2.24, 2.45) is 0 Å². The molecule has 0 bridgehead atoms. The highest BCUT2D eigenvalue weighted by Crippen LogP contribution is 2.26. The minimum atomic E-state index is 0.0389. The first kappa shape index (κ1) is 15.6. The van der Waals surface area contributed by atoms with Gasteiger partial charge in [0, 0.05) is 52.5 Å². The van der Waals surface area contributed by atoms with Gasteiger partial charge in [-0.25, -0.2) is 9.97 Å². The summed E-state index contributed by atoms with van der Waals surface area (Å²) in [6, 6.07) is 2.67. The van der Waals surface area contributed by atoms with Gasteiger partial charge in [-0.3, -0.25) is 4.90 Å². The zero-order valence-electron chi connectivity index (χ0n) is 13.8. The number of rotatable bonds is 3. The summed E-state index contributed by atoms with van der Waals surface area (Å²) in [7, 11) is 4.00. The molecule has 0 aliphatic carbocycles. The van der Waals surface area contributed by atoms with Gasteiger partial charge in [0.2, 0.25) is 0 Å². The van der Waals surface area contributed by atoms with E-state index in [0.717, 1.165) is 63.1 Å². The molecule has 122 valence electrons. The fraction of sp³-hybridized carbons (Fsp3) is 0.750. The Labute approximate surface area is 132 Å². The molecule has 1 atom stereocenters. The number of ether oxygens (including phenoxy) is 2. The number of morpholine rings is 1. The highest BCUT2D eigenvalue weighted by molar-refractivity contribution is 5.38. The summed E-state index contributed by atoms with van der Waals surface area (Å²) in [5.74, 6) is 1.74. The molecule has 0 amide bonds. The lowest BCUT2D eigenvalue weighted by Crippen LogP contribution is -2.47. The lowest BCUT2D eigenvalue weighted by molar-refractivity contribution is -0.0647. The third-order valence-electron chi connectivity index (χ3n) is 4.44. The largest absolute Gasteiger partial charge is 0.381 e. The summed E-state index contributed by atoms with van der Waals surface area (Å²) in [6.07, 6.45) is 2.29. The third-order valence-corrected chi connectivity index (χ3v) is 4.44. The molecular formula is C16H26N4O2. The van der Waals surface area contributed by atoms with E-state index >= 15 is 0 Å². The number of aryl methyl sites for hydroxylation is 1. The van der Waals surface area contributed by atoms with E-state index in [9.17, 15) is 0 Å². The summed E-state index contributed by atoms with van der Waals surface area (Å²) in [4.78, 5) is 13.6. The fourth-order valence-electron chi connectivity index (χ4n) is 3.20. The van der Waals surface area contributed by atoms with E-state index in [0.29, 0.717) is 6.04 Å². The SMILES string of the molecule is Cc1nc([C@H]2CN(C3CCOCC3)CCO2)cc(N(C)C)n1. The van der Waals surface area contributed by atoms with Gasteiger partial charge in [0.05, 0.1) is 12.3 Å². The van der Waals surface area contributed by atoms with Gasteiger partial charge >= 0.3 is 0 Å². The first-order valence-corrected chi connectivity index (χ1v) is 8.10. The van der Waals surface area contributed by atoms with Gasteiger partial charge in [0.15, 0.2) is 0 Å². The zero-order valence-corrected chi connectivity index (χ0v) is 13.8. The van der Waals surface area contributed by atoms with E-state index < -0.39 is 0 Å². The van der Waals surface area contributed by atoms with Crippen molar-refractivity contribution < 1.29 is 9.47 Å². The van der Waals surface area contributed by atoms with Crippen LogP contribution >= 0.6 is 0 Å². The minimum Gasteiger partial charge on any atom is -0.381 e. The summed E-state index contributed by atoms with van der Waals surface area (Å²) >= 11 is 0. The highest BCUT2D eigenvalue weighted by Gasteiger charge is 2.29. The Kier molecular flexibility index (Phi) is 4.90. The second-order valence-electron chi connectivity index (χ2n) is 6.29. The molecule has 0 saturated carbocycles. The van der Waals surface area contributed by atoms with Crippen LogP contribution in [-0.4, -0.2) is 67.9 Å². The van der Waals surface area contributed by atoms with Gasteiger partial charge in [-0.15, -0.1) is 0 Å². The maximum atomic E-state index is 5.99. The Morgan fingerprint density at radius 1 is 1.18 bits per heavy atom. The second kappa shape index (κ2) is 6.89. The van der Waals surface area contributed by atoms with Gasteiger partial charge in [-0.05, 0) is 19.8 Å². The average molecular weight is 306 g/mol. The maximum Gasteiger partial charge on any atom is 0.132 e. The Morgan fingerprint density at radius 3 is 2.68 bits per heavy atom. The van der Waals surface area contributed by atoms with Gasteiger partial charge in [-0.1, -0.05) is 0 Å². The first-order chi connectivity index (χ1) is 10.6. The van der Waals surface area contributed by atoms with Crippen molar-refractivity contribution in [3.05, 3.63) is 17.6 Å². The van der Waals surface area contributed by atoms with Gasteiger partial charge in [0.25, 0.3) is 0 Å². The average Bonchev–Trinajstić information content (AvgIpc) is 2.55. The van der Waals surface area contributed by atoms with E-state index in [2.05, 4.69) is 14.9 Å². The van der Waals surface area contributed by atoms with Crippen LogP contribution in [0.5, 0.6) is 0 Å². The molecule has 6 nitrogen and oxygen atoms in total. The maximum absolute atomic E-state index is 5.99. The lowest BCUT2D eigenvalue weighted by Gasteiger charge is -2.39. The van der Waals surface area contributed by atoms with Crippen LogP contribution in [0.15, 0.2) is 6.07 Å². The van der Waals surface area contributed by atoms with E-state index in [1.54, 1.807) is 0 Å². The quantitative estimate of drug-likeness (QED) is 0.841. The number of hydrogen-bond acceptors (Lipinski definition) is 6. The smallest absolute Gasteiger partial charge is 0.132 e. The number of anilines is 1. The molecule has 2 aliphatic heterocycles. The molecule has 1 aromatic rings. The molecule has 3 rings (SSSR count). The van der Waals surface area contributed by atoms with Crippen LogP contribution in [0.2, 0.25) is 0 Å². The minimum absolute atomic E-state index is 0.0389. The first-order valence-electron chi connectivity index (χ1n) is 8.10. The van der Waals surface area contributed by atoms with E-state index in [-0.39, 0.29) is 6.10 Å². The van der Waals surface area contributed by atoms with Crippen LogP contribution in [0.3, 0.4) is 0 Å². The van der Waals surface area contributed by atoms with E-state index in [1.165, 1.54) is 0 Å². The van der Waals surface area contributed by atoms with E-state index in [4.69, 9.17) is 9.47 Å². The summed E-state index contributed by atoms with van der Waals surface area (Å²) in [5.41, 5.74) is 0.993. The van der Waals surface area contributed by atoms with Gasteiger partial charge in [-0.2, -0.15) is 0 Å². The van der Waals surface area contributed by atoms with Crippen LogP contribution in [-0.2, 0) is 9.47 Å². The second-order valence-corrected chi connectivity index (χ2v) is 6.29. The lowest BCUT2D eigenvalue weighted by atomic mass is 10.0. The standard InChI is InChI=1S/C16H26N4O2/c1-12-17-14(10-16(18-12)19(2)3)15-11-20(6-9-22-15)13-4-7-21-8-5-13/h10,13,15H,4-9,11H2,1-3H3/t15-/m1/s1. The van der Waals surface area contributed by atoms with Crippen LogP contribution < -0.4 is 4.90 Å². The van der Waals surface area contributed by atoms with Crippen molar-refractivity contribution in [2.75, 3.05) is 51.9 Å². The van der Waals surface area contributed by atoms with Crippen LogP contribution in [0.25, 0.3) is 0 Å². The molecule has 0 radical (unpaired) electrons. The van der Waals surface area contributed by atoms with Gasteiger partial charge in [0.1, 0.15) is 17.7 Å². The molecule has 2 fully saturated rings. The summed E-state index contributed by atoms with van der Waals surface area (Å²) < 4.78 is 11.5. The monoisotopic (exact) mass is 306 g/mol. The Hall–Kier alpha value is -1.24. The third kappa shape index (κ3) is 3.56. The molecule has 2 saturated heterocycles. The van der Waals surface area contributed by atoms with Crippen molar-refractivity contribution in [2.45, 2.75) is 31.9 Å². The molecule has 0 aromatic carbocycles. The number of aromatic nitrogens is 2. The Bertz CT molecular complexity index is 503. The molecule has 0 N–H and O–H groups in total. The van der Waals surface area contributed by atoms with Crippen LogP contribution in [0.1, 0.15) is 30.5 Å². The summed E-state index contributed by atoms with van der Waals surface area (Å²) in [5, 5.41) is 0. The number of hydrogen-bond donors (Lipinski definition) is 0. The predicted octanol–water partition coefficient (Wildman–Crippen LogP) is 1.40. The van der Waals surface area contributed by atoms with Crippen molar-refractivity contribution in [3.63, 3.8) is 0 Å². The molecule has 1 aromatic heterocycles. The van der Waals surface area contributed by atoms with Crippen LogP contribution in [0, 0.1) is 6.92 Å².